The molecule has 6 nitrogen and oxygen atoms in total. The van der Waals surface area contributed by atoms with Gasteiger partial charge in [0.2, 0.25) is 11.8 Å². The standard InChI is InChI=1S/C19H30N2O4/c1-19(2,3)18(23)20-11-9-17(22)21(4)12-10-14-7-8-15(24-5)16(13-14)25-6/h7-8,13H,9-12H2,1-6H3,(H,20,23). The first-order valence-electron chi connectivity index (χ1n) is 8.42. The molecule has 0 heterocycles. The Morgan fingerprint density at radius 1 is 1.12 bits per heavy atom. The van der Waals surface area contributed by atoms with Crippen LogP contribution in [-0.2, 0) is 16.0 Å². The highest BCUT2D eigenvalue weighted by atomic mass is 16.5. The normalized spacial score (nSPS) is 11.0. The molecule has 0 radical (unpaired) electrons. The van der Waals surface area contributed by atoms with Gasteiger partial charge in [-0.05, 0) is 24.1 Å². The van der Waals surface area contributed by atoms with Gasteiger partial charge in [0.25, 0.3) is 0 Å². The molecule has 1 aromatic carbocycles. The first-order chi connectivity index (χ1) is 11.7. The third-order valence-corrected chi connectivity index (χ3v) is 3.92. The summed E-state index contributed by atoms with van der Waals surface area (Å²) in [5.74, 6) is 1.33. The smallest absolute Gasteiger partial charge is 0.225 e. The molecule has 0 unspecified atom stereocenters. The van der Waals surface area contributed by atoms with Crippen molar-refractivity contribution in [2.45, 2.75) is 33.6 Å². The molecule has 0 saturated heterocycles. The van der Waals surface area contributed by atoms with E-state index in [2.05, 4.69) is 5.32 Å². The van der Waals surface area contributed by atoms with Gasteiger partial charge >= 0.3 is 0 Å². The molecule has 1 aromatic rings. The number of nitrogens with one attached hydrogen (secondary N) is 1. The van der Waals surface area contributed by atoms with Crippen molar-refractivity contribution >= 4 is 11.8 Å². The zero-order valence-electron chi connectivity index (χ0n) is 16.1. The molecule has 6 heteroatoms. The molecule has 0 saturated carbocycles. The molecule has 0 bridgehead atoms. The monoisotopic (exact) mass is 350 g/mol. The van der Waals surface area contributed by atoms with Crippen molar-refractivity contribution < 1.29 is 19.1 Å². The van der Waals surface area contributed by atoms with Gasteiger partial charge in [-0.1, -0.05) is 26.8 Å². The lowest BCUT2D eigenvalue weighted by Gasteiger charge is -2.20. The number of ether oxygens (including phenoxy) is 2. The second kappa shape index (κ2) is 9.30. The first-order valence-corrected chi connectivity index (χ1v) is 8.42. The van der Waals surface area contributed by atoms with Gasteiger partial charge in [-0.15, -0.1) is 0 Å². The second-order valence-corrected chi connectivity index (χ2v) is 7.01. The number of nitrogens with zero attached hydrogens (tertiary/aromatic N) is 1. The fourth-order valence-electron chi connectivity index (χ4n) is 2.20. The van der Waals surface area contributed by atoms with Crippen molar-refractivity contribution in [3.8, 4) is 11.5 Å². The molecule has 0 aliphatic carbocycles. The van der Waals surface area contributed by atoms with Crippen LogP contribution in [0.1, 0.15) is 32.8 Å². The van der Waals surface area contributed by atoms with Crippen LogP contribution in [0.3, 0.4) is 0 Å². The van der Waals surface area contributed by atoms with E-state index in [1.807, 2.05) is 39.0 Å². The zero-order chi connectivity index (χ0) is 19.0. The average Bonchev–Trinajstić information content (AvgIpc) is 2.58. The lowest BCUT2D eigenvalue weighted by Crippen LogP contribution is -2.38. The SMILES string of the molecule is COc1ccc(CCN(C)C(=O)CCNC(=O)C(C)(C)C)cc1OC. The van der Waals surface area contributed by atoms with E-state index in [0.29, 0.717) is 31.0 Å². The number of hydrogen-bond acceptors (Lipinski definition) is 4. The highest BCUT2D eigenvalue weighted by molar-refractivity contribution is 5.82. The number of hydrogen-bond donors (Lipinski definition) is 1. The van der Waals surface area contributed by atoms with Crippen molar-refractivity contribution in [1.29, 1.82) is 0 Å². The molecular formula is C19H30N2O4. The minimum Gasteiger partial charge on any atom is -0.493 e. The van der Waals surface area contributed by atoms with Crippen LogP contribution in [-0.4, -0.2) is 51.1 Å². The molecule has 1 rings (SSSR count). The molecule has 0 spiro atoms. The maximum atomic E-state index is 12.1. The van der Waals surface area contributed by atoms with Crippen LogP contribution in [0, 0.1) is 5.41 Å². The van der Waals surface area contributed by atoms with Crippen molar-refractivity contribution in [3.63, 3.8) is 0 Å². The van der Waals surface area contributed by atoms with Crippen LogP contribution in [0.15, 0.2) is 18.2 Å². The topological polar surface area (TPSA) is 67.9 Å². The van der Waals surface area contributed by atoms with Gasteiger partial charge in [0, 0.05) is 32.0 Å². The number of amides is 2. The van der Waals surface area contributed by atoms with Crippen molar-refractivity contribution in [2.75, 3.05) is 34.4 Å². The average molecular weight is 350 g/mol. The van der Waals surface area contributed by atoms with E-state index >= 15 is 0 Å². The van der Waals surface area contributed by atoms with E-state index in [9.17, 15) is 9.59 Å². The summed E-state index contributed by atoms with van der Waals surface area (Å²) in [7, 11) is 4.97. The molecule has 0 atom stereocenters. The van der Waals surface area contributed by atoms with E-state index in [0.717, 1.165) is 12.0 Å². The summed E-state index contributed by atoms with van der Waals surface area (Å²) < 4.78 is 10.5. The molecule has 1 N–H and O–H groups in total. The summed E-state index contributed by atoms with van der Waals surface area (Å²) in [6.45, 7) is 6.50. The molecule has 140 valence electrons. The minimum absolute atomic E-state index is 0.00897. The molecule has 0 fully saturated rings. The number of methoxy groups -OCH3 is 2. The Morgan fingerprint density at radius 2 is 1.76 bits per heavy atom. The van der Waals surface area contributed by atoms with Crippen LogP contribution in [0.5, 0.6) is 11.5 Å². The van der Waals surface area contributed by atoms with Gasteiger partial charge in [-0.25, -0.2) is 0 Å². The third kappa shape index (κ3) is 6.64. The number of likely N-dealkylation sites (N-methyl/N-ethyl adjacent to an activating group) is 1. The predicted molar refractivity (Wildman–Crippen MR) is 98.0 cm³/mol. The van der Waals surface area contributed by atoms with Crippen molar-refractivity contribution in [2.24, 2.45) is 5.41 Å². The van der Waals surface area contributed by atoms with Crippen LogP contribution in [0.4, 0.5) is 0 Å². The van der Waals surface area contributed by atoms with Crippen LogP contribution in [0.2, 0.25) is 0 Å². The van der Waals surface area contributed by atoms with E-state index in [1.165, 1.54) is 0 Å². The van der Waals surface area contributed by atoms with Crippen LogP contribution >= 0.6 is 0 Å². The number of benzene rings is 1. The van der Waals surface area contributed by atoms with Crippen molar-refractivity contribution in [1.82, 2.24) is 10.2 Å². The van der Waals surface area contributed by atoms with Crippen molar-refractivity contribution in [3.05, 3.63) is 23.8 Å². The van der Waals surface area contributed by atoms with E-state index < -0.39 is 5.41 Å². The number of rotatable bonds is 8. The molecular weight excluding hydrogens is 320 g/mol. The Kier molecular flexibility index (Phi) is 7.74. The lowest BCUT2D eigenvalue weighted by atomic mass is 9.96. The Morgan fingerprint density at radius 3 is 2.32 bits per heavy atom. The Labute approximate surface area is 150 Å². The van der Waals surface area contributed by atoms with E-state index in [1.54, 1.807) is 26.2 Å². The summed E-state index contributed by atoms with van der Waals surface area (Å²) in [5.41, 5.74) is 0.626. The Bertz CT molecular complexity index is 594. The minimum atomic E-state index is -0.442. The Hall–Kier alpha value is -2.24. The molecule has 25 heavy (non-hydrogen) atoms. The molecule has 0 aliphatic heterocycles. The maximum Gasteiger partial charge on any atom is 0.225 e. The molecule has 0 aliphatic rings. The summed E-state index contributed by atoms with van der Waals surface area (Å²) >= 11 is 0. The summed E-state index contributed by atoms with van der Waals surface area (Å²) in [4.78, 5) is 25.6. The maximum absolute atomic E-state index is 12.1. The predicted octanol–water partition coefficient (Wildman–Crippen LogP) is 2.26. The quantitative estimate of drug-likeness (QED) is 0.781. The third-order valence-electron chi connectivity index (χ3n) is 3.92. The highest BCUT2D eigenvalue weighted by Gasteiger charge is 2.21. The van der Waals surface area contributed by atoms with Gasteiger partial charge in [0.1, 0.15) is 0 Å². The van der Waals surface area contributed by atoms with Crippen LogP contribution < -0.4 is 14.8 Å². The number of carbonyl (C=O) groups excluding carboxylic acids is 2. The van der Waals surface area contributed by atoms with Gasteiger partial charge in [-0.2, -0.15) is 0 Å². The molecule has 2 amide bonds. The van der Waals surface area contributed by atoms with E-state index in [4.69, 9.17) is 9.47 Å². The van der Waals surface area contributed by atoms with Gasteiger partial charge in [0.05, 0.1) is 14.2 Å². The summed E-state index contributed by atoms with van der Waals surface area (Å²) in [6, 6.07) is 5.74. The van der Waals surface area contributed by atoms with Gasteiger partial charge in [-0.3, -0.25) is 9.59 Å². The molecule has 0 aromatic heterocycles. The van der Waals surface area contributed by atoms with Crippen LogP contribution in [0.25, 0.3) is 0 Å². The highest BCUT2D eigenvalue weighted by Crippen LogP contribution is 2.27. The number of carbonyl (C=O) groups is 2. The second-order valence-electron chi connectivity index (χ2n) is 7.01. The zero-order valence-corrected chi connectivity index (χ0v) is 16.1. The summed E-state index contributed by atoms with van der Waals surface area (Å²) in [6.07, 6.45) is 1.02. The fraction of sp³-hybridized carbons (Fsp3) is 0.579. The summed E-state index contributed by atoms with van der Waals surface area (Å²) in [5, 5.41) is 2.79. The van der Waals surface area contributed by atoms with Gasteiger partial charge < -0.3 is 19.7 Å². The van der Waals surface area contributed by atoms with Gasteiger partial charge in [0.15, 0.2) is 11.5 Å². The largest absolute Gasteiger partial charge is 0.493 e. The lowest BCUT2D eigenvalue weighted by molar-refractivity contribution is -0.130. The fourth-order valence-corrected chi connectivity index (χ4v) is 2.20. The Balaban J connectivity index is 2.44. The first kappa shape index (κ1) is 20.8. The van der Waals surface area contributed by atoms with E-state index in [-0.39, 0.29) is 11.8 Å².